The van der Waals surface area contributed by atoms with E-state index in [-0.39, 0.29) is 11.3 Å². The molecule has 26 heavy (non-hydrogen) atoms. The average molecular weight is 347 g/mol. The van der Waals surface area contributed by atoms with E-state index in [1.54, 1.807) is 25.1 Å². The minimum absolute atomic E-state index is 0.156. The Morgan fingerprint density at radius 1 is 0.885 bits per heavy atom. The molecule has 1 aromatic heterocycles. The Hall–Kier alpha value is -3.54. The van der Waals surface area contributed by atoms with Gasteiger partial charge in [0.15, 0.2) is 0 Å². The first kappa shape index (κ1) is 17.3. The van der Waals surface area contributed by atoms with Crippen LogP contribution < -0.4 is 5.73 Å². The van der Waals surface area contributed by atoms with Crippen LogP contribution in [0.1, 0.15) is 32.2 Å². The lowest BCUT2D eigenvalue weighted by Gasteiger charge is -2.10. The van der Waals surface area contributed by atoms with E-state index >= 15 is 0 Å². The molecule has 0 fully saturated rings. The van der Waals surface area contributed by atoms with Crippen molar-refractivity contribution in [3.05, 3.63) is 71.2 Å². The number of carbonyl (C=O) groups is 2. The van der Waals surface area contributed by atoms with Gasteiger partial charge in [0.25, 0.3) is 5.91 Å². The first-order valence-electron chi connectivity index (χ1n) is 7.96. The van der Waals surface area contributed by atoms with Gasteiger partial charge in [-0.05, 0) is 37.1 Å². The lowest BCUT2D eigenvalue weighted by Crippen LogP contribution is -2.17. The van der Waals surface area contributed by atoms with Gasteiger partial charge in [-0.3, -0.25) is 9.78 Å². The van der Waals surface area contributed by atoms with Crippen molar-refractivity contribution in [2.75, 3.05) is 0 Å². The summed E-state index contributed by atoms with van der Waals surface area (Å²) >= 11 is 0. The van der Waals surface area contributed by atoms with E-state index in [0.717, 1.165) is 16.7 Å². The predicted octanol–water partition coefficient (Wildman–Crippen LogP) is 3.22. The Balaban J connectivity index is 2.01. The number of aryl methyl sites for hydroxylation is 2. The van der Waals surface area contributed by atoms with Gasteiger partial charge in [-0.25, -0.2) is 9.78 Å². The number of aromatic carboxylic acids is 1. The molecule has 0 atom stereocenters. The molecule has 0 saturated heterocycles. The highest BCUT2D eigenvalue weighted by Crippen LogP contribution is 2.26. The molecule has 0 spiro atoms. The number of nitrogens with zero attached hydrogens (tertiary/aromatic N) is 2. The lowest BCUT2D eigenvalue weighted by molar-refractivity contribution is 0.0696. The van der Waals surface area contributed by atoms with Crippen LogP contribution in [0.3, 0.4) is 0 Å². The van der Waals surface area contributed by atoms with Gasteiger partial charge in [-0.1, -0.05) is 36.4 Å². The minimum atomic E-state index is -0.965. The Morgan fingerprint density at radius 2 is 1.54 bits per heavy atom. The van der Waals surface area contributed by atoms with Crippen LogP contribution in [0.4, 0.5) is 0 Å². The zero-order chi connectivity index (χ0) is 18.8. The average Bonchev–Trinajstić information content (AvgIpc) is 2.62. The SMILES string of the molecule is Cc1nc(C)c(-c2ccc(-c3cccc(C(=O)O)c3)cc2)nc1C(N)=O. The maximum absolute atomic E-state index is 11.5. The Kier molecular flexibility index (Phi) is 4.49. The van der Waals surface area contributed by atoms with Gasteiger partial charge in [0.2, 0.25) is 0 Å². The lowest BCUT2D eigenvalue weighted by atomic mass is 10.0. The number of rotatable bonds is 4. The van der Waals surface area contributed by atoms with Gasteiger partial charge in [0.05, 0.1) is 22.6 Å². The maximum Gasteiger partial charge on any atom is 0.335 e. The molecule has 0 aliphatic heterocycles. The van der Waals surface area contributed by atoms with Gasteiger partial charge in [0, 0.05) is 5.56 Å². The normalized spacial score (nSPS) is 10.5. The summed E-state index contributed by atoms with van der Waals surface area (Å²) in [6.45, 7) is 3.52. The van der Waals surface area contributed by atoms with E-state index in [0.29, 0.717) is 17.1 Å². The highest BCUT2D eigenvalue weighted by molar-refractivity contribution is 5.92. The first-order valence-corrected chi connectivity index (χ1v) is 7.96. The minimum Gasteiger partial charge on any atom is -0.478 e. The number of aromatic nitrogens is 2. The van der Waals surface area contributed by atoms with Gasteiger partial charge in [-0.15, -0.1) is 0 Å². The molecule has 3 aromatic rings. The van der Waals surface area contributed by atoms with E-state index in [9.17, 15) is 9.59 Å². The molecule has 0 unspecified atom stereocenters. The van der Waals surface area contributed by atoms with Crippen LogP contribution >= 0.6 is 0 Å². The van der Waals surface area contributed by atoms with Crippen molar-refractivity contribution in [1.29, 1.82) is 0 Å². The van der Waals surface area contributed by atoms with Crippen molar-refractivity contribution >= 4 is 11.9 Å². The van der Waals surface area contributed by atoms with Crippen LogP contribution in [0.15, 0.2) is 48.5 Å². The van der Waals surface area contributed by atoms with E-state index in [1.165, 1.54) is 0 Å². The van der Waals surface area contributed by atoms with Gasteiger partial charge in [-0.2, -0.15) is 0 Å². The Labute approximate surface area is 150 Å². The van der Waals surface area contributed by atoms with Crippen LogP contribution in [0.25, 0.3) is 22.4 Å². The monoisotopic (exact) mass is 347 g/mol. The molecule has 130 valence electrons. The highest BCUT2D eigenvalue weighted by Gasteiger charge is 2.14. The molecule has 0 bridgehead atoms. The molecular weight excluding hydrogens is 330 g/mol. The van der Waals surface area contributed by atoms with Gasteiger partial charge in [0.1, 0.15) is 5.69 Å². The molecule has 0 saturated carbocycles. The molecule has 0 aliphatic rings. The molecule has 2 aromatic carbocycles. The van der Waals surface area contributed by atoms with Crippen LogP contribution in [-0.2, 0) is 0 Å². The largest absolute Gasteiger partial charge is 0.478 e. The number of benzene rings is 2. The van der Waals surface area contributed by atoms with Crippen molar-refractivity contribution in [2.24, 2.45) is 5.73 Å². The maximum atomic E-state index is 11.5. The zero-order valence-corrected chi connectivity index (χ0v) is 14.4. The second-order valence-electron chi connectivity index (χ2n) is 5.92. The number of carbonyl (C=O) groups excluding carboxylic acids is 1. The second-order valence-corrected chi connectivity index (χ2v) is 5.92. The van der Waals surface area contributed by atoms with Crippen LogP contribution in [0, 0.1) is 13.8 Å². The standard InChI is InChI=1S/C20H17N3O3/c1-11-17(23-18(19(21)24)12(2)22-11)14-8-6-13(7-9-14)15-4-3-5-16(10-15)20(25)26/h3-10H,1-2H3,(H2,21,24)(H,25,26). The molecular formula is C20H17N3O3. The topological polar surface area (TPSA) is 106 Å². The third-order valence-electron chi connectivity index (χ3n) is 4.08. The molecule has 6 nitrogen and oxygen atoms in total. The summed E-state index contributed by atoms with van der Waals surface area (Å²) in [6.07, 6.45) is 0. The number of nitrogens with two attached hydrogens (primary N) is 1. The number of primary amides is 1. The van der Waals surface area contributed by atoms with Crippen molar-refractivity contribution in [3.8, 4) is 22.4 Å². The van der Waals surface area contributed by atoms with Crippen LogP contribution in [0.2, 0.25) is 0 Å². The van der Waals surface area contributed by atoms with E-state index in [2.05, 4.69) is 9.97 Å². The summed E-state index contributed by atoms with van der Waals surface area (Å²) in [7, 11) is 0. The van der Waals surface area contributed by atoms with E-state index in [1.807, 2.05) is 37.3 Å². The van der Waals surface area contributed by atoms with Gasteiger partial charge >= 0.3 is 5.97 Å². The summed E-state index contributed by atoms with van der Waals surface area (Å²) in [6, 6.07) is 14.2. The van der Waals surface area contributed by atoms with E-state index in [4.69, 9.17) is 10.8 Å². The summed E-state index contributed by atoms with van der Waals surface area (Å²) in [4.78, 5) is 31.4. The second kappa shape index (κ2) is 6.76. The van der Waals surface area contributed by atoms with Crippen molar-refractivity contribution in [2.45, 2.75) is 13.8 Å². The van der Waals surface area contributed by atoms with Crippen molar-refractivity contribution < 1.29 is 14.7 Å². The van der Waals surface area contributed by atoms with Gasteiger partial charge < -0.3 is 10.8 Å². The third-order valence-corrected chi connectivity index (χ3v) is 4.08. The molecule has 0 aliphatic carbocycles. The fourth-order valence-electron chi connectivity index (χ4n) is 2.79. The van der Waals surface area contributed by atoms with Crippen LogP contribution in [0.5, 0.6) is 0 Å². The summed E-state index contributed by atoms with van der Waals surface area (Å²) in [5.74, 6) is -1.58. The molecule has 6 heteroatoms. The number of hydrogen-bond donors (Lipinski definition) is 2. The first-order chi connectivity index (χ1) is 12.4. The van der Waals surface area contributed by atoms with E-state index < -0.39 is 11.9 Å². The number of hydrogen-bond acceptors (Lipinski definition) is 4. The Morgan fingerprint density at radius 3 is 2.15 bits per heavy atom. The number of carboxylic acids is 1. The molecule has 1 heterocycles. The van der Waals surface area contributed by atoms with Crippen LogP contribution in [-0.4, -0.2) is 27.0 Å². The quantitative estimate of drug-likeness (QED) is 0.753. The molecule has 1 amide bonds. The summed E-state index contributed by atoms with van der Waals surface area (Å²) in [5.41, 5.74) is 10.0. The molecule has 3 N–H and O–H groups in total. The fraction of sp³-hybridized carbons (Fsp3) is 0.100. The third kappa shape index (κ3) is 3.30. The molecule has 0 radical (unpaired) electrons. The Bertz CT molecular complexity index is 1010. The summed E-state index contributed by atoms with van der Waals surface area (Å²) < 4.78 is 0. The smallest absolute Gasteiger partial charge is 0.335 e. The fourth-order valence-corrected chi connectivity index (χ4v) is 2.79. The zero-order valence-electron chi connectivity index (χ0n) is 14.4. The van der Waals surface area contributed by atoms with Crippen molar-refractivity contribution in [1.82, 2.24) is 9.97 Å². The number of amides is 1. The van der Waals surface area contributed by atoms with Crippen molar-refractivity contribution in [3.63, 3.8) is 0 Å². The predicted molar refractivity (Wildman–Crippen MR) is 97.9 cm³/mol. The summed E-state index contributed by atoms with van der Waals surface area (Å²) in [5, 5.41) is 9.12. The number of carboxylic acid groups (broad SMARTS) is 1. The highest BCUT2D eigenvalue weighted by atomic mass is 16.4. The molecule has 3 rings (SSSR count).